The maximum Gasteiger partial charge on any atom is 0.233 e. The number of aromatic hydroxyl groups is 1. The van der Waals surface area contributed by atoms with Crippen molar-refractivity contribution in [1.29, 1.82) is 0 Å². The predicted molar refractivity (Wildman–Crippen MR) is 118 cm³/mol. The third-order valence-electron chi connectivity index (χ3n) is 5.44. The molecule has 3 aromatic rings. The highest BCUT2D eigenvalue weighted by Gasteiger charge is 2.22. The summed E-state index contributed by atoms with van der Waals surface area (Å²) in [6.07, 6.45) is 1.69. The third kappa shape index (κ3) is 4.43. The van der Waals surface area contributed by atoms with E-state index in [4.69, 9.17) is 0 Å². The first-order chi connectivity index (χ1) is 14.5. The molecule has 8 heteroatoms. The molecule has 0 aliphatic carbocycles. The van der Waals surface area contributed by atoms with Gasteiger partial charge in [0, 0.05) is 43.6 Å². The number of carbonyl (C=O) groups is 1. The molecule has 0 spiro atoms. The number of aromatic nitrogens is 3. The van der Waals surface area contributed by atoms with Crippen molar-refractivity contribution in [3.8, 4) is 11.4 Å². The molecule has 1 N–H and O–H groups in total. The Morgan fingerprint density at radius 3 is 2.57 bits per heavy atom. The molecule has 2 heterocycles. The first kappa shape index (κ1) is 20.3. The second-order valence-electron chi connectivity index (χ2n) is 7.43. The molecule has 4 rings (SSSR count). The molecule has 0 atom stereocenters. The number of hydrogen-bond donors (Lipinski definition) is 1. The number of benzene rings is 2. The quantitative estimate of drug-likeness (QED) is 0.636. The normalized spacial score (nSPS) is 14.2. The zero-order valence-corrected chi connectivity index (χ0v) is 18.0. The molecule has 1 amide bonds. The van der Waals surface area contributed by atoms with Crippen LogP contribution in [0.2, 0.25) is 0 Å². The molecule has 1 aliphatic heterocycles. The van der Waals surface area contributed by atoms with Crippen molar-refractivity contribution < 1.29 is 9.90 Å². The average molecular weight is 424 g/mol. The molecule has 0 unspecified atom stereocenters. The van der Waals surface area contributed by atoms with Crippen LogP contribution in [0.25, 0.3) is 5.69 Å². The van der Waals surface area contributed by atoms with Gasteiger partial charge in [-0.05, 0) is 49.2 Å². The van der Waals surface area contributed by atoms with Crippen LogP contribution >= 0.6 is 11.8 Å². The third-order valence-corrected chi connectivity index (χ3v) is 6.36. The molecule has 0 radical (unpaired) electrons. The highest BCUT2D eigenvalue weighted by molar-refractivity contribution is 7.99. The van der Waals surface area contributed by atoms with Gasteiger partial charge in [0.2, 0.25) is 5.91 Å². The summed E-state index contributed by atoms with van der Waals surface area (Å²) in [5.74, 6) is 0.691. The number of phenols is 1. The summed E-state index contributed by atoms with van der Waals surface area (Å²) in [5, 5.41) is 18.6. The fourth-order valence-corrected chi connectivity index (χ4v) is 4.33. The molecule has 0 saturated carbocycles. The van der Waals surface area contributed by atoms with Gasteiger partial charge in [-0.15, -0.1) is 10.2 Å². The van der Waals surface area contributed by atoms with Crippen molar-refractivity contribution in [2.45, 2.75) is 19.0 Å². The SMILES string of the molecule is Cc1ccc(-n2cnnc2SCC(=O)N2CCN(c3cccc(O)c3)CC2)cc1C. The van der Waals surface area contributed by atoms with E-state index in [2.05, 4.69) is 41.1 Å². The van der Waals surface area contributed by atoms with E-state index >= 15 is 0 Å². The van der Waals surface area contributed by atoms with Gasteiger partial charge in [0.25, 0.3) is 0 Å². The van der Waals surface area contributed by atoms with Gasteiger partial charge in [-0.25, -0.2) is 0 Å². The largest absolute Gasteiger partial charge is 0.508 e. The van der Waals surface area contributed by atoms with Crippen molar-refractivity contribution in [2.75, 3.05) is 36.8 Å². The summed E-state index contributed by atoms with van der Waals surface area (Å²) in [4.78, 5) is 16.8. The van der Waals surface area contributed by atoms with Gasteiger partial charge in [-0.1, -0.05) is 23.9 Å². The Kier molecular flexibility index (Phi) is 5.94. The maximum absolute atomic E-state index is 12.7. The van der Waals surface area contributed by atoms with E-state index in [1.165, 1.54) is 22.9 Å². The lowest BCUT2D eigenvalue weighted by Gasteiger charge is -2.36. The molecular weight excluding hydrogens is 398 g/mol. The van der Waals surface area contributed by atoms with Crippen LogP contribution in [-0.4, -0.2) is 62.6 Å². The standard InChI is InChI=1S/C22H25N5O2S/c1-16-6-7-19(12-17(16)2)27-15-23-24-22(27)30-14-21(29)26-10-8-25(9-11-26)18-4-3-5-20(28)13-18/h3-7,12-13,15,28H,8-11,14H2,1-2H3. The fourth-order valence-electron chi connectivity index (χ4n) is 3.50. The van der Waals surface area contributed by atoms with Crippen molar-refractivity contribution in [3.05, 3.63) is 59.9 Å². The Hall–Kier alpha value is -3.00. The number of phenolic OH excluding ortho intramolecular Hbond substituents is 1. The lowest BCUT2D eigenvalue weighted by atomic mass is 10.1. The van der Waals surface area contributed by atoms with Crippen LogP contribution in [-0.2, 0) is 4.79 Å². The van der Waals surface area contributed by atoms with Crippen molar-refractivity contribution in [2.24, 2.45) is 0 Å². The summed E-state index contributed by atoms with van der Waals surface area (Å²) in [5.41, 5.74) is 4.43. The molecule has 2 aromatic carbocycles. The minimum Gasteiger partial charge on any atom is -0.508 e. The predicted octanol–water partition coefficient (Wildman–Crippen LogP) is 3.03. The average Bonchev–Trinajstić information content (AvgIpc) is 3.23. The highest BCUT2D eigenvalue weighted by atomic mass is 32.2. The molecule has 1 aliphatic rings. The zero-order valence-electron chi connectivity index (χ0n) is 17.2. The van der Waals surface area contributed by atoms with Crippen molar-refractivity contribution >= 4 is 23.4 Å². The van der Waals surface area contributed by atoms with E-state index in [1.54, 1.807) is 18.5 Å². The molecule has 156 valence electrons. The number of thioether (sulfide) groups is 1. The van der Waals surface area contributed by atoms with Crippen LogP contribution in [0.15, 0.2) is 53.9 Å². The summed E-state index contributed by atoms with van der Waals surface area (Å²) in [7, 11) is 0. The number of rotatable bonds is 5. The fraction of sp³-hybridized carbons (Fsp3) is 0.318. The number of nitrogens with zero attached hydrogens (tertiary/aromatic N) is 5. The number of piperazine rings is 1. The second-order valence-corrected chi connectivity index (χ2v) is 8.37. The van der Waals surface area contributed by atoms with Crippen molar-refractivity contribution in [3.63, 3.8) is 0 Å². The monoisotopic (exact) mass is 423 g/mol. The van der Waals surface area contributed by atoms with E-state index in [0.717, 1.165) is 24.5 Å². The van der Waals surface area contributed by atoms with Gasteiger partial charge < -0.3 is 14.9 Å². The molecule has 1 aromatic heterocycles. The maximum atomic E-state index is 12.7. The van der Waals surface area contributed by atoms with Crippen LogP contribution in [0.4, 0.5) is 5.69 Å². The molecule has 1 fully saturated rings. The lowest BCUT2D eigenvalue weighted by molar-refractivity contribution is -0.128. The topological polar surface area (TPSA) is 74.5 Å². The summed E-state index contributed by atoms with van der Waals surface area (Å²) in [6, 6.07) is 13.5. The molecule has 0 bridgehead atoms. The molecule has 30 heavy (non-hydrogen) atoms. The minimum absolute atomic E-state index is 0.102. The molecule has 7 nitrogen and oxygen atoms in total. The number of amides is 1. The van der Waals surface area contributed by atoms with Crippen LogP contribution in [0, 0.1) is 13.8 Å². The van der Waals surface area contributed by atoms with Gasteiger partial charge >= 0.3 is 0 Å². The smallest absolute Gasteiger partial charge is 0.233 e. The number of anilines is 1. The van der Waals surface area contributed by atoms with Gasteiger partial charge in [0.15, 0.2) is 5.16 Å². The Morgan fingerprint density at radius 1 is 1.03 bits per heavy atom. The minimum atomic E-state index is 0.102. The van der Waals surface area contributed by atoms with Crippen LogP contribution in [0.5, 0.6) is 5.75 Å². The van der Waals surface area contributed by atoms with E-state index < -0.39 is 0 Å². The van der Waals surface area contributed by atoms with E-state index in [0.29, 0.717) is 24.0 Å². The van der Waals surface area contributed by atoms with Crippen LogP contribution in [0.3, 0.4) is 0 Å². The lowest BCUT2D eigenvalue weighted by Crippen LogP contribution is -2.49. The van der Waals surface area contributed by atoms with Crippen molar-refractivity contribution in [1.82, 2.24) is 19.7 Å². The number of aryl methyl sites for hydroxylation is 2. The molecule has 1 saturated heterocycles. The Labute approximate surface area is 180 Å². The number of hydrogen-bond acceptors (Lipinski definition) is 6. The van der Waals surface area contributed by atoms with Gasteiger partial charge in [0.05, 0.1) is 5.75 Å². The van der Waals surface area contributed by atoms with Crippen LogP contribution < -0.4 is 4.90 Å². The summed E-state index contributed by atoms with van der Waals surface area (Å²) >= 11 is 1.41. The first-order valence-corrected chi connectivity index (χ1v) is 10.9. The number of carbonyl (C=O) groups excluding carboxylic acids is 1. The van der Waals surface area contributed by atoms with Gasteiger partial charge in [0.1, 0.15) is 12.1 Å². The van der Waals surface area contributed by atoms with Crippen LogP contribution in [0.1, 0.15) is 11.1 Å². The summed E-state index contributed by atoms with van der Waals surface area (Å²) < 4.78 is 1.92. The van der Waals surface area contributed by atoms with E-state index in [1.807, 2.05) is 27.7 Å². The Morgan fingerprint density at radius 2 is 1.83 bits per heavy atom. The second kappa shape index (κ2) is 8.79. The Balaban J connectivity index is 1.34. The van der Waals surface area contributed by atoms with Gasteiger partial charge in [-0.2, -0.15) is 0 Å². The van der Waals surface area contributed by atoms with Gasteiger partial charge in [-0.3, -0.25) is 9.36 Å². The summed E-state index contributed by atoms with van der Waals surface area (Å²) in [6.45, 7) is 6.99. The Bertz CT molecular complexity index is 1040. The highest BCUT2D eigenvalue weighted by Crippen LogP contribution is 2.23. The van der Waals surface area contributed by atoms with E-state index in [9.17, 15) is 9.90 Å². The first-order valence-electron chi connectivity index (χ1n) is 9.93. The van der Waals surface area contributed by atoms with E-state index in [-0.39, 0.29) is 11.7 Å². The molecular formula is C22H25N5O2S. The zero-order chi connectivity index (χ0) is 21.1.